The van der Waals surface area contributed by atoms with E-state index in [0.717, 1.165) is 22.0 Å². The SMILES string of the molecule is COc1cc(C(F)(F)F)ccc1-c1ncnc2cc(Br)ccc12. The van der Waals surface area contributed by atoms with Crippen LogP contribution in [0.3, 0.4) is 0 Å². The van der Waals surface area contributed by atoms with Crippen molar-refractivity contribution in [2.24, 2.45) is 0 Å². The monoisotopic (exact) mass is 382 g/mol. The van der Waals surface area contributed by atoms with Gasteiger partial charge in [-0.1, -0.05) is 15.9 Å². The summed E-state index contributed by atoms with van der Waals surface area (Å²) >= 11 is 3.36. The van der Waals surface area contributed by atoms with Crippen molar-refractivity contribution in [3.05, 3.63) is 52.8 Å². The van der Waals surface area contributed by atoms with Gasteiger partial charge >= 0.3 is 6.18 Å². The number of aromatic nitrogens is 2. The van der Waals surface area contributed by atoms with E-state index in [-0.39, 0.29) is 5.75 Å². The third kappa shape index (κ3) is 3.01. The van der Waals surface area contributed by atoms with Crippen LogP contribution in [0.5, 0.6) is 5.75 Å². The number of methoxy groups -OCH3 is 1. The van der Waals surface area contributed by atoms with Gasteiger partial charge in [-0.15, -0.1) is 0 Å². The Balaban J connectivity index is 2.23. The van der Waals surface area contributed by atoms with Gasteiger partial charge in [0.1, 0.15) is 12.1 Å². The lowest BCUT2D eigenvalue weighted by atomic mass is 10.0. The molecule has 3 aromatic rings. The van der Waals surface area contributed by atoms with Gasteiger partial charge in [-0.25, -0.2) is 9.97 Å². The molecule has 0 amide bonds. The zero-order valence-electron chi connectivity index (χ0n) is 11.9. The van der Waals surface area contributed by atoms with Crippen molar-refractivity contribution in [2.75, 3.05) is 7.11 Å². The maximum Gasteiger partial charge on any atom is 0.416 e. The summed E-state index contributed by atoms with van der Waals surface area (Å²) in [6.45, 7) is 0. The molecule has 2 aromatic carbocycles. The Hall–Kier alpha value is -2.15. The van der Waals surface area contributed by atoms with Crippen LogP contribution in [-0.2, 0) is 6.18 Å². The van der Waals surface area contributed by atoms with E-state index in [1.54, 1.807) is 0 Å². The summed E-state index contributed by atoms with van der Waals surface area (Å²) in [4.78, 5) is 8.40. The van der Waals surface area contributed by atoms with Crippen LogP contribution in [0.4, 0.5) is 13.2 Å². The van der Waals surface area contributed by atoms with Gasteiger partial charge in [0, 0.05) is 15.4 Å². The van der Waals surface area contributed by atoms with E-state index in [9.17, 15) is 13.2 Å². The van der Waals surface area contributed by atoms with Gasteiger partial charge in [0.2, 0.25) is 0 Å². The molecule has 0 atom stereocenters. The van der Waals surface area contributed by atoms with E-state index in [1.165, 1.54) is 19.5 Å². The van der Waals surface area contributed by atoms with Crippen molar-refractivity contribution in [1.29, 1.82) is 0 Å². The van der Waals surface area contributed by atoms with Gasteiger partial charge in [0.25, 0.3) is 0 Å². The molecular weight excluding hydrogens is 373 g/mol. The van der Waals surface area contributed by atoms with Crippen LogP contribution < -0.4 is 4.74 Å². The highest BCUT2D eigenvalue weighted by Crippen LogP contribution is 2.38. The van der Waals surface area contributed by atoms with Crippen molar-refractivity contribution in [3.63, 3.8) is 0 Å². The fourth-order valence-electron chi connectivity index (χ4n) is 2.31. The first-order valence-corrected chi connectivity index (χ1v) is 7.35. The predicted molar refractivity (Wildman–Crippen MR) is 84.2 cm³/mol. The van der Waals surface area contributed by atoms with Gasteiger partial charge in [-0.3, -0.25) is 0 Å². The molecule has 0 saturated carbocycles. The molecular formula is C16H10BrF3N2O. The van der Waals surface area contributed by atoms with Gasteiger partial charge < -0.3 is 4.74 Å². The van der Waals surface area contributed by atoms with Crippen LogP contribution in [0.15, 0.2) is 47.2 Å². The van der Waals surface area contributed by atoms with E-state index < -0.39 is 11.7 Å². The third-order valence-corrected chi connectivity index (χ3v) is 3.88. The Morgan fingerprint density at radius 2 is 1.83 bits per heavy atom. The standard InChI is InChI=1S/C16H10BrF3N2O/c1-23-14-6-9(16(18,19)20)2-4-12(14)15-11-5-3-10(17)7-13(11)21-8-22-15/h2-8H,1H3. The number of hydrogen-bond donors (Lipinski definition) is 0. The highest BCUT2D eigenvalue weighted by molar-refractivity contribution is 9.10. The van der Waals surface area contributed by atoms with Crippen molar-refractivity contribution >= 4 is 26.8 Å². The number of nitrogens with zero attached hydrogens (tertiary/aromatic N) is 2. The van der Waals surface area contributed by atoms with Crippen molar-refractivity contribution in [1.82, 2.24) is 9.97 Å². The topological polar surface area (TPSA) is 35.0 Å². The van der Waals surface area contributed by atoms with Crippen LogP contribution in [0.2, 0.25) is 0 Å². The maximum atomic E-state index is 12.8. The molecule has 0 aliphatic heterocycles. The molecule has 1 aromatic heterocycles. The molecule has 3 rings (SSSR count). The van der Waals surface area contributed by atoms with Crippen molar-refractivity contribution in [2.45, 2.75) is 6.18 Å². The molecule has 0 aliphatic carbocycles. The van der Waals surface area contributed by atoms with E-state index in [4.69, 9.17) is 4.74 Å². The number of halogens is 4. The first-order chi connectivity index (χ1) is 10.9. The summed E-state index contributed by atoms with van der Waals surface area (Å²) in [5.41, 5.74) is 0.925. The van der Waals surface area contributed by atoms with Crippen LogP contribution in [-0.4, -0.2) is 17.1 Å². The first kappa shape index (κ1) is 15.7. The lowest BCUT2D eigenvalue weighted by Crippen LogP contribution is -2.05. The summed E-state index contributed by atoms with van der Waals surface area (Å²) < 4.78 is 44.5. The smallest absolute Gasteiger partial charge is 0.416 e. The summed E-state index contributed by atoms with van der Waals surface area (Å²) in [5, 5.41) is 0.730. The fourth-order valence-corrected chi connectivity index (χ4v) is 2.66. The third-order valence-electron chi connectivity index (χ3n) is 3.38. The Labute approximate surface area is 138 Å². The minimum Gasteiger partial charge on any atom is -0.496 e. The molecule has 0 spiro atoms. The summed E-state index contributed by atoms with van der Waals surface area (Å²) in [6.07, 6.45) is -3.05. The zero-order valence-corrected chi connectivity index (χ0v) is 13.4. The largest absolute Gasteiger partial charge is 0.496 e. The van der Waals surface area contributed by atoms with Crippen LogP contribution in [0.25, 0.3) is 22.2 Å². The van der Waals surface area contributed by atoms with E-state index >= 15 is 0 Å². The Bertz CT molecular complexity index is 881. The number of hydrogen-bond acceptors (Lipinski definition) is 3. The normalized spacial score (nSPS) is 11.7. The molecule has 0 N–H and O–H groups in total. The molecule has 23 heavy (non-hydrogen) atoms. The van der Waals surface area contributed by atoms with Crippen LogP contribution >= 0.6 is 15.9 Å². The Kier molecular flexibility index (Phi) is 3.97. The Morgan fingerprint density at radius 3 is 2.52 bits per heavy atom. The van der Waals surface area contributed by atoms with E-state index in [2.05, 4.69) is 25.9 Å². The maximum absolute atomic E-state index is 12.8. The van der Waals surface area contributed by atoms with Crippen LogP contribution in [0, 0.1) is 0 Å². The average molecular weight is 383 g/mol. The van der Waals surface area contributed by atoms with Gasteiger partial charge in [-0.05, 0) is 36.4 Å². The highest BCUT2D eigenvalue weighted by atomic mass is 79.9. The zero-order chi connectivity index (χ0) is 16.6. The first-order valence-electron chi connectivity index (χ1n) is 6.56. The van der Waals surface area contributed by atoms with Gasteiger partial charge in [-0.2, -0.15) is 13.2 Å². The molecule has 118 valence electrons. The summed E-state index contributed by atoms with van der Waals surface area (Å²) in [7, 11) is 1.33. The lowest BCUT2D eigenvalue weighted by molar-refractivity contribution is -0.137. The minimum atomic E-state index is -4.43. The molecule has 3 nitrogen and oxygen atoms in total. The number of ether oxygens (including phenoxy) is 1. The minimum absolute atomic E-state index is 0.114. The molecule has 0 fully saturated rings. The quantitative estimate of drug-likeness (QED) is 0.619. The molecule has 7 heteroatoms. The second-order valence-electron chi connectivity index (χ2n) is 4.80. The van der Waals surface area contributed by atoms with Crippen molar-refractivity contribution < 1.29 is 17.9 Å². The van der Waals surface area contributed by atoms with E-state index in [1.807, 2.05) is 18.2 Å². The lowest BCUT2D eigenvalue weighted by Gasteiger charge is -2.13. The number of alkyl halides is 3. The molecule has 0 bridgehead atoms. The number of rotatable bonds is 2. The molecule has 0 unspecified atom stereocenters. The predicted octanol–water partition coefficient (Wildman–Crippen LogP) is 5.09. The molecule has 0 aliphatic rings. The van der Waals surface area contributed by atoms with Crippen molar-refractivity contribution in [3.8, 4) is 17.0 Å². The van der Waals surface area contributed by atoms with Gasteiger partial charge in [0.05, 0.1) is 23.9 Å². The van der Waals surface area contributed by atoms with Crippen LogP contribution in [0.1, 0.15) is 5.56 Å². The molecule has 1 heterocycles. The second-order valence-corrected chi connectivity index (χ2v) is 5.71. The summed E-state index contributed by atoms with van der Waals surface area (Å²) in [6, 6.07) is 8.81. The fraction of sp³-hybridized carbons (Fsp3) is 0.125. The van der Waals surface area contributed by atoms with E-state index in [0.29, 0.717) is 16.8 Å². The average Bonchev–Trinajstić information content (AvgIpc) is 2.52. The molecule has 0 saturated heterocycles. The van der Waals surface area contributed by atoms with Gasteiger partial charge in [0.15, 0.2) is 0 Å². The highest BCUT2D eigenvalue weighted by Gasteiger charge is 2.31. The summed E-state index contributed by atoms with van der Waals surface area (Å²) in [5.74, 6) is 0.114. The number of fused-ring (bicyclic) bond motifs is 1. The number of benzene rings is 2. The Morgan fingerprint density at radius 1 is 1.04 bits per heavy atom. The second kappa shape index (κ2) is 5.81. The molecule has 0 radical (unpaired) electrons.